The number of rotatable bonds is 6. The molecule has 6 heteroatoms. The third-order valence-corrected chi connectivity index (χ3v) is 3.69. The zero-order chi connectivity index (χ0) is 14.4. The third-order valence-electron chi connectivity index (χ3n) is 3.69. The van der Waals surface area contributed by atoms with E-state index in [1.807, 2.05) is 6.07 Å². The molecule has 0 bridgehead atoms. The highest BCUT2D eigenvalue weighted by molar-refractivity contribution is 5.39. The molecule has 1 aromatic heterocycles. The van der Waals surface area contributed by atoms with Crippen LogP contribution < -0.4 is 10.6 Å². The Bertz CT molecular complexity index is 410. The van der Waals surface area contributed by atoms with E-state index in [2.05, 4.69) is 51.4 Å². The summed E-state index contributed by atoms with van der Waals surface area (Å²) in [6.45, 7) is 7.30. The number of nitrogens with one attached hydrogen (secondary N) is 2. The van der Waals surface area contributed by atoms with E-state index in [1.165, 1.54) is 0 Å². The Morgan fingerprint density at radius 3 is 2.95 bits per heavy atom. The maximum atomic E-state index is 4.47. The van der Waals surface area contributed by atoms with Crippen molar-refractivity contribution in [2.45, 2.75) is 19.4 Å². The molecule has 1 saturated heterocycles. The first-order chi connectivity index (χ1) is 9.69. The van der Waals surface area contributed by atoms with Crippen molar-refractivity contribution in [3.63, 3.8) is 0 Å². The van der Waals surface area contributed by atoms with Gasteiger partial charge in [-0.25, -0.2) is 4.98 Å². The topological polar surface area (TPSA) is 56.3 Å². The van der Waals surface area contributed by atoms with Gasteiger partial charge in [0.15, 0.2) is 0 Å². The van der Waals surface area contributed by atoms with Crippen LogP contribution in [0.25, 0.3) is 0 Å². The maximum Gasteiger partial charge on any atom is 0.224 e. The lowest BCUT2D eigenvalue weighted by atomic mass is 10.2. The Morgan fingerprint density at radius 2 is 2.15 bits per heavy atom. The van der Waals surface area contributed by atoms with E-state index in [4.69, 9.17) is 0 Å². The molecule has 1 aliphatic rings. The van der Waals surface area contributed by atoms with Crippen LogP contribution in [0.2, 0.25) is 0 Å². The second-order valence-electron chi connectivity index (χ2n) is 5.47. The molecule has 0 aromatic carbocycles. The summed E-state index contributed by atoms with van der Waals surface area (Å²) in [7, 11) is 4.37. The normalized spacial score (nSPS) is 20.9. The Hall–Kier alpha value is -1.40. The second-order valence-corrected chi connectivity index (χ2v) is 5.47. The van der Waals surface area contributed by atoms with Gasteiger partial charge in [-0.2, -0.15) is 4.98 Å². The minimum absolute atomic E-state index is 0.524. The zero-order valence-electron chi connectivity index (χ0n) is 12.8. The molecule has 2 heterocycles. The monoisotopic (exact) mass is 278 g/mol. The zero-order valence-corrected chi connectivity index (χ0v) is 12.8. The number of hydrogen-bond donors (Lipinski definition) is 2. The summed E-state index contributed by atoms with van der Waals surface area (Å²) in [6.07, 6.45) is 2.87. The molecule has 1 atom stereocenters. The van der Waals surface area contributed by atoms with Crippen molar-refractivity contribution in [3.8, 4) is 0 Å². The summed E-state index contributed by atoms with van der Waals surface area (Å²) in [5.41, 5.74) is 0. The Labute approximate surface area is 121 Å². The van der Waals surface area contributed by atoms with Crippen molar-refractivity contribution in [3.05, 3.63) is 12.3 Å². The van der Waals surface area contributed by atoms with Gasteiger partial charge in [0.25, 0.3) is 0 Å². The van der Waals surface area contributed by atoms with Crippen LogP contribution >= 0.6 is 0 Å². The quantitative estimate of drug-likeness (QED) is 0.808. The van der Waals surface area contributed by atoms with Gasteiger partial charge in [-0.3, -0.25) is 4.90 Å². The van der Waals surface area contributed by atoms with Gasteiger partial charge in [0, 0.05) is 45.0 Å². The van der Waals surface area contributed by atoms with Crippen molar-refractivity contribution < 1.29 is 0 Å². The van der Waals surface area contributed by atoms with Crippen molar-refractivity contribution >= 4 is 11.8 Å². The van der Waals surface area contributed by atoms with Crippen LogP contribution in [0.15, 0.2) is 12.3 Å². The van der Waals surface area contributed by atoms with Crippen molar-refractivity contribution in [1.29, 1.82) is 0 Å². The standard InChI is InChI=1S/C14H26N6/c1-4-6-15-14-16-7-5-13(18-14)17-10-12-11-19(2)8-9-20(12)3/h5,7,12H,4,6,8-11H2,1-3H3,(H2,15,16,17,18). The lowest BCUT2D eigenvalue weighted by Gasteiger charge is -2.37. The third kappa shape index (κ3) is 4.31. The molecule has 0 radical (unpaired) electrons. The first-order valence-electron chi connectivity index (χ1n) is 7.38. The van der Waals surface area contributed by atoms with Gasteiger partial charge in [-0.05, 0) is 26.6 Å². The highest BCUT2D eigenvalue weighted by atomic mass is 15.3. The summed E-state index contributed by atoms with van der Waals surface area (Å²) >= 11 is 0. The van der Waals surface area contributed by atoms with E-state index >= 15 is 0 Å². The Morgan fingerprint density at radius 1 is 1.30 bits per heavy atom. The van der Waals surface area contributed by atoms with Crippen LogP contribution in [-0.4, -0.2) is 72.6 Å². The average molecular weight is 278 g/mol. The van der Waals surface area contributed by atoms with E-state index in [-0.39, 0.29) is 0 Å². The van der Waals surface area contributed by atoms with Crippen molar-refractivity contribution in [1.82, 2.24) is 19.8 Å². The van der Waals surface area contributed by atoms with E-state index in [0.717, 1.165) is 45.0 Å². The van der Waals surface area contributed by atoms with Gasteiger partial charge < -0.3 is 15.5 Å². The maximum absolute atomic E-state index is 4.47. The molecule has 2 N–H and O–H groups in total. The number of nitrogens with zero attached hydrogens (tertiary/aromatic N) is 4. The Kier molecular flexibility index (Phi) is 5.55. The lowest BCUT2D eigenvalue weighted by molar-refractivity contribution is 0.122. The predicted octanol–water partition coefficient (Wildman–Crippen LogP) is 0.956. The van der Waals surface area contributed by atoms with Gasteiger partial charge in [0.1, 0.15) is 5.82 Å². The minimum atomic E-state index is 0.524. The van der Waals surface area contributed by atoms with Gasteiger partial charge in [0.2, 0.25) is 5.95 Å². The minimum Gasteiger partial charge on any atom is -0.368 e. The summed E-state index contributed by atoms with van der Waals surface area (Å²) in [5.74, 6) is 1.59. The fraction of sp³-hybridized carbons (Fsp3) is 0.714. The fourth-order valence-electron chi connectivity index (χ4n) is 2.32. The average Bonchev–Trinajstić information content (AvgIpc) is 2.46. The van der Waals surface area contributed by atoms with Crippen LogP contribution in [0, 0.1) is 0 Å². The van der Waals surface area contributed by atoms with Gasteiger partial charge in [-0.15, -0.1) is 0 Å². The summed E-state index contributed by atoms with van der Waals surface area (Å²) in [5, 5.41) is 6.63. The van der Waals surface area contributed by atoms with Gasteiger partial charge in [0.05, 0.1) is 0 Å². The van der Waals surface area contributed by atoms with Crippen LogP contribution in [0.5, 0.6) is 0 Å². The number of anilines is 2. The van der Waals surface area contributed by atoms with Crippen LogP contribution in [0.1, 0.15) is 13.3 Å². The molecule has 0 spiro atoms. The van der Waals surface area contributed by atoms with Crippen LogP contribution in [0.4, 0.5) is 11.8 Å². The van der Waals surface area contributed by atoms with Crippen molar-refractivity contribution in [2.24, 2.45) is 0 Å². The molecule has 1 aromatic rings. The highest BCUT2D eigenvalue weighted by Crippen LogP contribution is 2.09. The van der Waals surface area contributed by atoms with Crippen molar-refractivity contribution in [2.75, 3.05) is 57.5 Å². The van der Waals surface area contributed by atoms with E-state index in [9.17, 15) is 0 Å². The number of hydrogen-bond acceptors (Lipinski definition) is 6. The largest absolute Gasteiger partial charge is 0.368 e. The molecular formula is C14H26N6. The molecule has 1 fully saturated rings. The SMILES string of the molecule is CCCNc1nccc(NCC2CN(C)CCN2C)n1. The number of aromatic nitrogens is 2. The van der Waals surface area contributed by atoms with E-state index in [0.29, 0.717) is 12.0 Å². The summed E-state index contributed by atoms with van der Waals surface area (Å²) in [4.78, 5) is 13.5. The lowest BCUT2D eigenvalue weighted by Crippen LogP contribution is -2.52. The molecule has 112 valence electrons. The molecule has 1 unspecified atom stereocenters. The van der Waals surface area contributed by atoms with Crippen LogP contribution in [-0.2, 0) is 0 Å². The van der Waals surface area contributed by atoms with Crippen LogP contribution in [0.3, 0.4) is 0 Å². The van der Waals surface area contributed by atoms with E-state index < -0.39 is 0 Å². The smallest absolute Gasteiger partial charge is 0.224 e. The van der Waals surface area contributed by atoms with Gasteiger partial charge >= 0.3 is 0 Å². The fourth-order valence-corrected chi connectivity index (χ4v) is 2.32. The molecule has 2 rings (SSSR count). The molecule has 0 saturated carbocycles. The summed E-state index contributed by atoms with van der Waals surface area (Å²) < 4.78 is 0. The molecule has 6 nitrogen and oxygen atoms in total. The molecular weight excluding hydrogens is 252 g/mol. The first kappa shape index (κ1) is 15.0. The number of likely N-dealkylation sites (N-methyl/N-ethyl adjacent to an activating group) is 2. The molecule has 0 aliphatic carbocycles. The summed E-state index contributed by atoms with van der Waals surface area (Å²) in [6, 6.07) is 2.44. The molecule has 0 amide bonds. The first-order valence-corrected chi connectivity index (χ1v) is 7.38. The van der Waals surface area contributed by atoms with Gasteiger partial charge in [-0.1, -0.05) is 6.92 Å². The van der Waals surface area contributed by atoms with E-state index in [1.54, 1.807) is 6.20 Å². The predicted molar refractivity (Wildman–Crippen MR) is 83.2 cm³/mol. The second kappa shape index (κ2) is 7.40. The molecule has 20 heavy (non-hydrogen) atoms. The Balaban J connectivity index is 1.86. The molecule has 1 aliphatic heterocycles. The number of piperazine rings is 1. The highest BCUT2D eigenvalue weighted by Gasteiger charge is 2.21.